The molecule has 0 atom stereocenters. The summed E-state index contributed by atoms with van der Waals surface area (Å²) in [5.41, 5.74) is 3.51. The van der Waals surface area contributed by atoms with Crippen molar-refractivity contribution < 1.29 is 13.2 Å². The highest BCUT2D eigenvalue weighted by Gasteiger charge is 2.30. The molecule has 0 saturated heterocycles. The largest absolute Gasteiger partial charge is 0.416 e. The van der Waals surface area contributed by atoms with Gasteiger partial charge in [0, 0.05) is 17.5 Å². The number of nitrogens with zero attached hydrogens (tertiary/aromatic N) is 2. The van der Waals surface area contributed by atoms with Crippen LogP contribution in [0.25, 0.3) is 0 Å². The van der Waals surface area contributed by atoms with E-state index in [9.17, 15) is 18.0 Å². The molecule has 24 heavy (non-hydrogen) atoms. The maximum atomic E-state index is 12.7. The molecule has 0 saturated carbocycles. The van der Waals surface area contributed by atoms with Gasteiger partial charge in [-0.1, -0.05) is 18.2 Å². The van der Waals surface area contributed by atoms with Gasteiger partial charge < -0.3 is 0 Å². The lowest BCUT2D eigenvalue weighted by Crippen LogP contribution is -2.11. The van der Waals surface area contributed by atoms with Crippen LogP contribution < -0.4 is 11.0 Å². The van der Waals surface area contributed by atoms with E-state index < -0.39 is 11.7 Å². The number of benzene rings is 1. The Morgan fingerprint density at radius 2 is 2.08 bits per heavy atom. The third kappa shape index (κ3) is 5.22. The highest BCUT2D eigenvalue weighted by atomic mass is 19.4. The Bertz CT molecular complexity index is 796. The number of anilines is 1. The zero-order valence-corrected chi connectivity index (χ0v) is 13.2. The molecule has 0 radical (unpaired) electrons. The first kappa shape index (κ1) is 17.7. The molecule has 1 aromatic heterocycles. The monoisotopic (exact) mass is 338 g/mol. The number of halogens is 3. The summed E-state index contributed by atoms with van der Waals surface area (Å²) < 4.78 is 38.0. The summed E-state index contributed by atoms with van der Waals surface area (Å²) in [6, 6.07) is 6.58. The Kier molecular flexibility index (Phi) is 5.38. The van der Waals surface area contributed by atoms with E-state index in [0.29, 0.717) is 29.8 Å². The summed E-state index contributed by atoms with van der Waals surface area (Å²) in [4.78, 5) is 17.9. The van der Waals surface area contributed by atoms with E-state index in [-0.39, 0.29) is 11.5 Å². The molecule has 1 heterocycles. The van der Waals surface area contributed by atoms with Crippen molar-refractivity contribution in [2.24, 2.45) is 5.10 Å². The highest BCUT2D eigenvalue weighted by molar-refractivity contribution is 5.82. The maximum Gasteiger partial charge on any atom is 0.416 e. The summed E-state index contributed by atoms with van der Waals surface area (Å²) in [5.74, 6) is 0.221. The zero-order valence-electron chi connectivity index (χ0n) is 13.2. The van der Waals surface area contributed by atoms with Crippen molar-refractivity contribution >= 4 is 11.7 Å². The smallest absolute Gasteiger partial charge is 0.291 e. The van der Waals surface area contributed by atoms with Crippen molar-refractivity contribution in [3.8, 4) is 0 Å². The van der Waals surface area contributed by atoms with Gasteiger partial charge in [0.05, 0.1) is 5.56 Å². The second kappa shape index (κ2) is 7.29. The van der Waals surface area contributed by atoms with Crippen LogP contribution in [0.2, 0.25) is 0 Å². The van der Waals surface area contributed by atoms with Gasteiger partial charge in [0.1, 0.15) is 0 Å². The molecular formula is C16H17F3N4O. The normalized spacial score (nSPS) is 12.3. The molecule has 1 aromatic carbocycles. The number of H-pyrrole nitrogens is 1. The molecule has 5 nitrogen and oxygen atoms in total. The van der Waals surface area contributed by atoms with E-state index in [1.165, 1.54) is 12.1 Å². The summed E-state index contributed by atoms with van der Waals surface area (Å²) >= 11 is 0. The van der Waals surface area contributed by atoms with Gasteiger partial charge in [-0.15, -0.1) is 0 Å². The molecule has 2 N–H and O–H groups in total. The van der Waals surface area contributed by atoms with Crippen LogP contribution in [0.1, 0.15) is 30.2 Å². The Labute approximate surface area is 136 Å². The number of hydrogen-bond donors (Lipinski definition) is 2. The van der Waals surface area contributed by atoms with Crippen molar-refractivity contribution in [1.82, 2.24) is 9.97 Å². The number of hydrazone groups is 1. The summed E-state index contributed by atoms with van der Waals surface area (Å²) in [6.07, 6.45) is -3.44. The van der Waals surface area contributed by atoms with Crippen molar-refractivity contribution in [1.29, 1.82) is 0 Å². The highest BCUT2D eigenvalue weighted by Crippen LogP contribution is 2.29. The minimum atomic E-state index is -4.34. The molecule has 2 aromatic rings. The lowest BCUT2D eigenvalue weighted by atomic mass is 10.0. The molecule has 0 amide bonds. The first-order chi connectivity index (χ1) is 11.2. The number of aryl methyl sites for hydroxylation is 2. The topological polar surface area (TPSA) is 70.1 Å². The van der Waals surface area contributed by atoms with Crippen LogP contribution >= 0.6 is 0 Å². The predicted molar refractivity (Wildman–Crippen MR) is 86.1 cm³/mol. The molecule has 0 spiro atoms. The van der Waals surface area contributed by atoms with Gasteiger partial charge in [-0.3, -0.25) is 9.78 Å². The fourth-order valence-electron chi connectivity index (χ4n) is 2.06. The standard InChI is InChI=1S/C16H17F3N4O/c1-10(22-23-15-20-11(2)8-14(24)21-15)6-7-12-4-3-5-13(9-12)16(17,18)19/h3-5,8-9H,6-7H2,1-2H3,(H2,20,21,23,24)/b22-10+. The van der Waals surface area contributed by atoms with Gasteiger partial charge in [0.2, 0.25) is 5.95 Å². The average Bonchev–Trinajstić information content (AvgIpc) is 2.49. The molecule has 0 aliphatic rings. The molecule has 0 bridgehead atoms. The first-order valence-corrected chi connectivity index (χ1v) is 7.27. The number of aromatic amines is 1. The number of nitrogens with one attached hydrogen (secondary N) is 2. The SMILES string of the molecule is C/C(CCc1cccc(C(F)(F)F)c1)=N\Nc1nc(C)cc(=O)[nH]1. The first-order valence-electron chi connectivity index (χ1n) is 7.27. The number of hydrogen-bond acceptors (Lipinski definition) is 4. The average molecular weight is 338 g/mol. The van der Waals surface area contributed by atoms with Crippen LogP contribution in [0.3, 0.4) is 0 Å². The molecule has 0 aliphatic heterocycles. The minimum absolute atomic E-state index is 0.221. The third-order valence-corrected chi connectivity index (χ3v) is 3.25. The van der Waals surface area contributed by atoms with Gasteiger partial charge in [-0.05, 0) is 38.3 Å². The van der Waals surface area contributed by atoms with Crippen LogP contribution in [0.4, 0.5) is 19.1 Å². The van der Waals surface area contributed by atoms with Crippen molar-refractivity contribution in [3.05, 3.63) is 57.5 Å². The quantitative estimate of drug-likeness (QED) is 0.647. The molecular weight excluding hydrogens is 321 g/mol. The van der Waals surface area contributed by atoms with E-state index in [0.717, 1.165) is 12.1 Å². The second-order valence-corrected chi connectivity index (χ2v) is 5.39. The van der Waals surface area contributed by atoms with E-state index in [2.05, 4.69) is 20.5 Å². The van der Waals surface area contributed by atoms with Crippen molar-refractivity contribution in [3.63, 3.8) is 0 Å². The molecule has 128 valence electrons. The van der Waals surface area contributed by atoms with E-state index in [1.807, 2.05) is 0 Å². The van der Waals surface area contributed by atoms with E-state index in [4.69, 9.17) is 0 Å². The van der Waals surface area contributed by atoms with E-state index in [1.54, 1.807) is 19.9 Å². The van der Waals surface area contributed by atoms with Gasteiger partial charge >= 0.3 is 6.18 Å². The third-order valence-electron chi connectivity index (χ3n) is 3.25. The molecule has 2 rings (SSSR count). The Morgan fingerprint density at radius 3 is 2.75 bits per heavy atom. The number of aromatic nitrogens is 2. The zero-order chi connectivity index (χ0) is 17.7. The lowest BCUT2D eigenvalue weighted by Gasteiger charge is -2.08. The van der Waals surface area contributed by atoms with Crippen LogP contribution in [-0.2, 0) is 12.6 Å². The number of alkyl halides is 3. The molecule has 8 heteroatoms. The van der Waals surface area contributed by atoms with Crippen LogP contribution in [0.5, 0.6) is 0 Å². The van der Waals surface area contributed by atoms with Crippen molar-refractivity contribution in [2.45, 2.75) is 32.9 Å². The van der Waals surface area contributed by atoms with Crippen LogP contribution in [0.15, 0.2) is 40.2 Å². The van der Waals surface area contributed by atoms with Crippen LogP contribution in [-0.4, -0.2) is 15.7 Å². The van der Waals surface area contributed by atoms with Gasteiger partial charge in [-0.2, -0.15) is 18.3 Å². The lowest BCUT2D eigenvalue weighted by molar-refractivity contribution is -0.137. The second-order valence-electron chi connectivity index (χ2n) is 5.39. The molecule has 0 fully saturated rings. The minimum Gasteiger partial charge on any atom is -0.291 e. The summed E-state index contributed by atoms with van der Waals surface area (Å²) in [5, 5.41) is 4.07. The van der Waals surface area contributed by atoms with Crippen molar-refractivity contribution in [2.75, 3.05) is 5.43 Å². The van der Waals surface area contributed by atoms with E-state index >= 15 is 0 Å². The number of rotatable bonds is 5. The fourth-order valence-corrected chi connectivity index (χ4v) is 2.06. The van der Waals surface area contributed by atoms with Gasteiger partial charge in [0.25, 0.3) is 5.56 Å². The Hall–Kier alpha value is -2.64. The molecule has 0 aliphatic carbocycles. The summed E-state index contributed by atoms with van der Waals surface area (Å²) in [6.45, 7) is 3.43. The van der Waals surface area contributed by atoms with Gasteiger partial charge in [0.15, 0.2) is 0 Å². The Balaban J connectivity index is 1.97. The Morgan fingerprint density at radius 1 is 1.33 bits per heavy atom. The summed E-state index contributed by atoms with van der Waals surface area (Å²) in [7, 11) is 0. The maximum absolute atomic E-state index is 12.7. The van der Waals surface area contributed by atoms with Gasteiger partial charge in [-0.25, -0.2) is 10.4 Å². The predicted octanol–water partition coefficient (Wildman–Crippen LogP) is 3.52. The van der Waals surface area contributed by atoms with Crippen LogP contribution in [0, 0.1) is 6.92 Å². The molecule has 0 unspecified atom stereocenters. The fraction of sp³-hybridized carbons (Fsp3) is 0.312.